The van der Waals surface area contributed by atoms with Crippen molar-refractivity contribution < 1.29 is 8.42 Å². The second-order valence-corrected chi connectivity index (χ2v) is 7.41. The van der Waals surface area contributed by atoms with Crippen molar-refractivity contribution in [2.45, 2.75) is 46.1 Å². The molecule has 16 heavy (non-hydrogen) atoms. The Hall–Kier alpha value is -0.0900. The highest BCUT2D eigenvalue weighted by molar-refractivity contribution is 7.91. The maximum atomic E-state index is 11.3. The fraction of sp³-hybridized carbons (Fsp3) is 1.00. The highest BCUT2D eigenvalue weighted by Gasteiger charge is 2.29. The van der Waals surface area contributed by atoms with Gasteiger partial charge in [0.2, 0.25) is 0 Å². The molecule has 1 saturated heterocycles. The summed E-state index contributed by atoms with van der Waals surface area (Å²) in [6.45, 7) is 3.85. The van der Waals surface area contributed by atoms with Gasteiger partial charge in [0.1, 0.15) is 0 Å². The van der Waals surface area contributed by atoms with Crippen molar-refractivity contribution in [1.82, 2.24) is 4.90 Å². The van der Waals surface area contributed by atoms with Gasteiger partial charge in [-0.05, 0) is 31.6 Å². The third kappa shape index (κ3) is 3.45. The van der Waals surface area contributed by atoms with Crippen LogP contribution in [0.2, 0.25) is 0 Å². The zero-order chi connectivity index (χ0) is 10.9. The Morgan fingerprint density at radius 2 is 1.50 bits per heavy atom. The van der Waals surface area contributed by atoms with Gasteiger partial charge in [-0.15, -0.1) is 0 Å². The van der Waals surface area contributed by atoms with E-state index in [1.54, 1.807) is 0 Å². The first-order valence-corrected chi connectivity index (χ1v) is 7.83. The first-order chi connectivity index (χ1) is 7.07. The molecular weight excluding hydrogens is 222 g/mol. The number of nitrogens with zero attached hydrogens (tertiary/aromatic N) is 1. The predicted octanol–water partition coefficient (Wildman–Crippen LogP) is 1.93. The van der Waals surface area contributed by atoms with Gasteiger partial charge in [-0.3, -0.25) is 4.90 Å². The molecule has 0 bridgehead atoms. The molecule has 0 radical (unpaired) electrons. The monoisotopic (exact) mass is 247 g/mol. The average Bonchev–Trinajstić information content (AvgIpc) is 2.20. The molecule has 2 aliphatic rings. The van der Waals surface area contributed by atoms with E-state index in [-0.39, 0.29) is 7.43 Å². The summed E-state index contributed by atoms with van der Waals surface area (Å²) in [4.78, 5) is 2.40. The molecule has 0 aromatic heterocycles. The van der Waals surface area contributed by atoms with Crippen molar-refractivity contribution in [1.29, 1.82) is 0 Å². The van der Waals surface area contributed by atoms with Gasteiger partial charge in [0.25, 0.3) is 0 Å². The van der Waals surface area contributed by atoms with Crippen LogP contribution in [0, 0.1) is 5.92 Å². The summed E-state index contributed by atoms with van der Waals surface area (Å²) >= 11 is 0. The minimum absolute atomic E-state index is 0. The minimum atomic E-state index is -2.71. The number of hydrogen-bond donors (Lipinski definition) is 0. The van der Waals surface area contributed by atoms with Gasteiger partial charge in [0, 0.05) is 19.1 Å². The van der Waals surface area contributed by atoms with E-state index in [1.165, 1.54) is 25.7 Å². The Morgan fingerprint density at radius 3 is 2.00 bits per heavy atom. The zero-order valence-corrected chi connectivity index (χ0v) is 10.3. The minimum Gasteiger partial charge on any atom is -0.298 e. The Balaban J connectivity index is 0.00000128. The maximum absolute atomic E-state index is 11.3. The molecule has 0 spiro atoms. The molecule has 0 N–H and O–H groups in total. The number of sulfone groups is 1. The number of rotatable bonds is 1. The average molecular weight is 247 g/mol. The first-order valence-electron chi connectivity index (χ1n) is 6.01. The zero-order valence-electron chi connectivity index (χ0n) is 9.48. The Morgan fingerprint density at radius 1 is 1.00 bits per heavy atom. The largest absolute Gasteiger partial charge is 0.298 e. The van der Waals surface area contributed by atoms with E-state index in [9.17, 15) is 8.42 Å². The van der Waals surface area contributed by atoms with Crippen LogP contribution in [0.4, 0.5) is 0 Å². The van der Waals surface area contributed by atoms with Crippen molar-refractivity contribution in [2.75, 3.05) is 24.6 Å². The van der Waals surface area contributed by atoms with Gasteiger partial charge in [-0.25, -0.2) is 8.42 Å². The molecule has 1 aliphatic heterocycles. The van der Waals surface area contributed by atoms with Crippen molar-refractivity contribution in [3.05, 3.63) is 0 Å². The van der Waals surface area contributed by atoms with E-state index < -0.39 is 9.84 Å². The van der Waals surface area contributed by atoms with Gasteiger partial charge < -0.3 is 0 Å². The molecule has 1 saturated carbocycles. The highest BCUT2D eigenvalue weighted by Crippen LogP contribution is 2.27. The lowest BCUT2D eigenvalue weighted by Gasteiger charge is -2.38. The van der Waals surface area contributed by atoms with E-state index in [2.05, 4.69) is 11.8 Å². The molecule has 0 unspecified atom stereocenters. The third-order valence-corrected chi connectivity index (χ3v) is 5.49. The predicted molar refractivity (Wildman–Crippen MR) is 68.4 cm³/mol. The molecular formula is C12H25NO2S. The smallest absolute Gasteiger partial charge is 0.152 e. The van der Waals surface area contributed by atoms with Crippen LogP contribution in [0.1, 0.15) is 40.0 Å². The van der Waals surface area contributed by atoms with Crippen LogP contribution in [-0.2, 0) is 9.84 Å². The summed E-state index contributed by atoms with van der Waals surface area (Å²) in [5.74, 6) is 1.62. The summed E-state index contributed by atoms with van der Waals surface area (Å²) in [6.07, 6.45) is 5.16. The Labute approximate surface area is 100 Å². The van der Waals surface area contributed by atoms with Gasteiger partial charge in [-0.1, -0.05) is 14.4 Å². The van der Waals surface area contributed by atoms with E-state index in [0.29, 0.717) is 17.5 Å². The van der Waals surface area contributed by atoms with Gasteiger partial charge >= 0.3 is 0 Å². The summed E-state index contributed by atoms with van der Waals surface area (Å²) in [6, 6.07) is 0.664. The lowest BCUT2D eigenvalue weighted by molar-refractivity contribution is 0.150. The van der Waals surface area contributed by atoms with E-state index in [1.807, 2.05) is 0 Å². The van der Waals surface area contributed by atoms with E-state index >= 15 is 0 Å². The fourth-order valence-electron chi connectivity index (χ4n) is 2.70. The van der Waals surface area contributed by atoms with Crippen molar-refractivity contribution >= 4 is 9.84 Å². The van der Waals surface area contributed by atoms with Crippen LogP contribution in [0.5, 0.6) is 0 Å². The topological polar surface area (TPSA) is 37.4 Å². The second kappa shape index (κ2) is 5.50. The summed E-state index contributed by atoms with van der Waals surface area (Å²) < 4.78 is 22.6. The molecule has 2 fully saturated rings. The van der Waals surface area contributed by atoms with Crippen LogP contribution < -0.4 is 0 Å². The van der Waals surface area contributed by atoms with Crippen LogP contribution in [-0.4, -0.2) is 44.0 Å². The van der Waals surface area contributed by atoms with E-state index in [0.717, 1.165) is 19.0 Å². The molecule has 1 aliphatic carbocycles. The van der Waals surface area contributed by atoms with Crippen LogP contribution in [0.15, 0.2) is 0 Å². The molecule has 96 valence electrons. The highest BCUT2D eigenvalue weighted by atomic mass is 32.2. The normalized spacial score (nSPS) is 35.3. The van der Waals surface area contributed by atoms with Gasteiger partial charge in [0.05, 0.1) is 11.5 Å². The first kappa shape index (κ1) is 14.0. The number of hydrogen-bond acceptors (Lipinski definition) is 3. The quantitative estimate of drug-likeness (QED) is 0.710. The Bertz CT molecular complexity index is 291. The van der Waals surface area contributed by atoms with Crippen LogP contribution in [0.25, 0.3) is 0 Å². The fourth-order valence-corrected chi connectivity index (χ4v) is 3.93. The van der Waals surface area contributed by atoms with Gasteiger partial charge in [0.15, 0.2) is 9.84 Å². The maximum Gasteiger partial charge on any atom is 0.152 e. The summed E-state index contributed by atoms with van der Waals surface area (Å²) in [7, 11) is -2.71. The van der Waals surface area contributed by atoms with E-state index in [4.69, 9.17) is 0 Å². The molecule has 0 amide bonds. The lowest BCUT2D eigenvalue weighted by atomic mass is 9.86. The molecule has 0 aromatic carbocycles. The van der Waals surface area contributed by atoms with Crippen LogP contribution in [0.3, 0.4) is 0 Å². The molecule has 0 aromatic rings. The van der Waals surface area contributed by atoms with Crippen molar-refractivity contribution in [3.63, 3.8) is 0 Å². The van der Waals surface area contributed by atoms with Crippen LogP contribution >= 0.6 is 0 Å². The summed E-state index contributed by atoms with van der Waals surface area (Å²) in [5.41, 5.74) is 0. The molecule has 0 atom stereocenters. The SMILES string of the molecule is C.CC1CCC(N2CCS(=O)(=O)CC2)CC1. The summed E-state index contributed by atoms with van der Waals surface area (Å²) in [5, 5.41) is 0. The molecule has 4 heteroatoms. The molecule has 1 heterocycles. The standard InChI is InChI=1S/C11H21NO2S.CH4/c1-10-2-4-11(5-3-10)12-6-8-15(13,14)9-7-12;/h10-11H,2-9H2,1H3;1H4. The lowest BCUT2D eigenvalue weighted by Crippen LogP contribution is -2.47. The van der Waals surface area contributed by atoms with Gasteiger partial charge in [-0.2, -0.15) is 0 Å². The second-order valence-electron chi connectivity index (χ2n) is 5.10. The Kier molecular flexibility index (Phi) is 4.80. The molecule has 2 rings (SSSR count). The third-order valence-electron chi connectivity index (χ3n) is 3.88. The van der Waals surface area contributed by atoms with Crippen molar-refractivity contribution in [2.24, 2.45) is 5.92 Å². The molecule has 3 nitrogen and oxygen atoms in total. The van der Waals surface area contributed by atoms with Crippen molar-refractivity contribution in [3.8, 4) is 0 Å².